The van der Waals surface area contributed by atoms with Gasteiger partial charge in [-0.05, 0) is 70.1 Å². The molecule has 0 spiro atoms. The summed E-state index contributed by atoms with van der Waals surface area (Å²) in [5.41, 5.74) is 9.06. The molecule has 0 N–H and O–H groups in total. The third-order valence-electron chi connectivity index (χ3n) is 13.0. The third-order valence-corrected chi connectivity index (χ3v) is 14.2. The van der Waals surface area contributed by atoms with Crippen molar-refractivity contribution in [2.45, 2.75) is 0 Å². The van der Waals surface area contributed by atoms with Gasteiger partial charge in [0.2, 0.25) is 0 Å². The zero-order chi connectivity index (χ0) is 38.8. The van der Waals surface area contributed by atoms with E-state index in [1.165, 1.54) is 79.8 Å². The molecule has 0 fully saturated rings. The summed E-state index contributed by atoms with van der Waals surface area (Å²) in [6, 6.07) is 61.4. The Morgan fingerprint density at radius 3 is 1.77 bits per heavy atom. The standard InChI is InChI=1S/C54H28N4OS/c1-2-14-30-28-44-40(25-29(30)13-1)48-51(59-44)54(56-53(55-48)31-26-38-32-15-5-9-21-41(32)57-42-22-10-6-16-33(42)39(27-31)49(38)57)58-43-23-11-7-19-36(43)46-34-17-3-4-18-35(34)47-37-20-8-12-24-45(37)60-52(47)50(46)58/h1-28H. The number of benzene rings is 9. The fraction of sp³-hybridized carbons (Fsp3) is 0. The summed E-state index contributed by atoms with van der Waals surface area (Å²) in [6.07, 6.45) is 0. The predicted molar refractivity (Wildman–Crippen MR) is 252 cm³/mol. The monoisotopic (exact) mass is 780 g/mol. The first-order chi connectivity index (χ1) is 29.8. The summed E-state index contributed by atoms with van der Waals surface area (Å²) in [7, 11) is 0. The van der Waals surface area contributed by atoms with Crippen molar-refractivity contribution in [3.63, 3.8) is 0 Å². The molecule has 6 aromatic heterocycles. The summed E-state index contributed by atoms with van der Waals surface area (Å²) in [5.74, 6) is 1.39. The first-order valence-corrected chi connectivity index (χ1v) is 21.1. The van der Waals surface area contributed by atoms with E-state index in [0.717, 1.165) is 49.7 Å². The Kier molecular flexibility index (Phi) is 5.74. The average molecular weight is 781 g/mol. The first-order valence-electron chi connectivity index (χ1n) is 20.3. The van der Waals surface area contributed by atoms with Gasteiger partial charge in [-0.25, -0.2) is 9.97 Å². The van der Waals surface area contributed by atoms with Crippen LogP contribution >= 0.6 is 11.3 Å². The molecular formula is C54H28N4OS. The summed E-state index contributed by atoms with van der Waals surface area (Å²) in [4.78, 5) is 11.2. The lowest BCUT2D eigenvalue weighted by molar-refractivity contribution is 0.663. The Morgan fingerprint density at radius 1 is 0.450 bits per heavy atom. The van der Waals surface area contributed by atoms with Crippen molar-refractivity contribution in [1.82, 2.24) is 18.9 Å². The first kappa shape index (κ1) is 31.2. The van der Waals surface area contributed by atoms with Crippen LogP contribution in [0.15, 0.2) is 174 Å². The fourth-order valence-electron chi connectivity index (χ4n) is 10.5. The zero-order valence-electron chi connectivity index (χ0n) is 31.8. The molecule has 0 aliphatic heterocycles. The molecule has 0 unspecified atom stereocenters. The van der Waals surface area contributed by atoms with Gasteiger partial charge in [-0.2, -0.15) is 0 Å². The Labute approximate surface area is 343 Å². The van der Waals surface area contributed by atoms with Crippen molar-refractivity contribution in [3.05, 3.63) is 170 Å². The molecule has 0 aliphatic carbocycles. The number of hydrogen-bond donors (Lipinski definition) is 0. The summed E-state index contributed by atoms with van der Waals surface area (Å²) in [5, 5.41) is 15.5. The van der Waals surface area contributed by atoms with Crippen molar-refractivity contribution < 1.29 is 4.42 Å². The van der Waals surface area contributed by atoms with Crippen LogP contribution < -0.4 is 0 Å². The van der Waals surface area contributed by atoms with Gasteiger partial charge in [-0.1, -0.05) is 121 Å². The second-order valence-electron chi connectivity index (χ2n) is 16.1. The Morgan fingerprint density at radius 2 is 1.03 bits per heavy atom. The molecule has 60 heavy (non-hydrogen) atoms. The number of nitrogens with zero attached hydrogens (tertiary/aromatic N) is 4. The summed E-state index contributed by atoms with van der Waals surface area (Å²) >= 11 is 1.85. The molecule has 15 aromatic rings. The Bertz CT molecular complexity index is 4290. The average Bonchev–Trinajstić information content (AvgIpc) is 4.11. The van der Waals surface area contributed by atoms with Gasteiger partial charge in [-0.3, -0.25) is 4.57 Å². The molecule has 15 rings (SSSR count). The van der Waals surface area contributed by atoms with Crippen molar-refractivity contribution in [2.75, 3.05) is 0 Å². The summed E-state index contributed by atoms with van der Waals surface area (Å²) in [6.45, 7) is 0. The maximum atomic E-state index is 7.03. The van der Waals surface area contributed by atoms with Crippen LogP contribution in [0.1, 0.15) is 0 Å². The van der Waals surface area contributed by atoms with Crippen molar-refractivity contribution in [2.24, 2.45) is 0 Å². The highest BCUT2D eigenvalue weighted by Crippen LogP contribution is 2.49. The molecule has 5 nitrogen and oxygen atoms in total. The Balaban J connectivity index is 1.15. The molecule has 6 heterocycles. The maximum Gasteiger partial charge on any atom is 0.197 e. The summed E-state index contributed by atoms with van der Waals surface area (Å²) < 4.78 is 14.3. The van der Waals surface area contributed by atoms with E-state index in [9.17, 15) is 0 Å². The van der Waals surface area contributed by atoms with Crippen molar-refractivity contribution >= 4 is 135 Å². The van der Waals surface area contributed by atoms with Gasteiger partial charge >= 0.3 is 0 Å². The molecule has 0 saturated heterocycles. The highest BCUT2D eigenvalue weighted by atomic mass is 32.1. The molecule has 0 bridgehead atoms. The van der Waals surface area contributed by atoms with E-state index in [-0.39, 0.29) is 0 Å². The van der Waals surface area contributed by atoms with E-state index in [1.807, 2.05) is 11.3 Å². The maximum absolute atomic E-state index is 7.03. The lowest BCUT2D eigenvalue weighted by atomic mass is 9.99. The molecule has 0 saturated carbocycles. The number of aromatic nitrogens is 4. The van der Waals surface area contributed by atoms with Crippen LogP contribution in [0.5, 0.6) is 0 Å². The van der Waals surface area contributed by atoms with E-state index in [4.69, 9.17) is 14.4 Å². The number of furan rings is 1. The highest BCUT2D eigenvalue weighted by Gasteiger charge is 2.27. The van der Waals surface area contributed by atoms with E-state index < -0.39 is 0 Å². The largest absolute Gasteiger partial charge is 0.450 e. The molecular weight excluding hydrogens is 753 g/mol. The van der Waals surface area contributed by atoms with E-state index in [2.05, 4.69) is 179 Å². The van der Waals surface area contributed by atoms with Crippen LogP contribution in [0.4, 0.5) is 0 Å². The minimum absolute atomic E-state index is 0.659. The SMILES string of the molecule is c1ccc2cc3c(cc2c1)oc1c(-n2c4ccccc4c4c5ccccc5c5c6ccccc6sc5c42)nc(-c2cc4c5ccccc5n5c6ccccc6c(c2)c45)nc13. The Hall–Kier alpha value is -7.80. The van der Waals surface area contributed by atoms with Gasteiger partial charge in [0, 0.05) is 58.7 Å². The van der Waals surface area contributed by atoms with E-state index >= 15 is 0 Å². The van der Waals surface area contributed by atoms with E-state index in [0.29, 0.717) is 11.4 Å². The van der Waals surface area contributed by atoms with Crippen LogP contribution in [-0.4, -0.2) is 18.9 Å². The zero-order valence-corrected chi connectivity index (χ0v) is 32.6. The second-order valence-corrected chi connectivity index (χ2v) is 17.1. The second kappa shape index (κ2) is 11.0. The molecule has 0 aliphatic rings. The minimum Gasteiger partial charge on any atom is -0.450 e. The molecule has 0 atom stereocenters. The molecule has 6 heteroatoms. The predicted octanol–water partition coefficient (Wildman–Crippen LogP) is 15.0. The topological polar surface area (TPSA) is 48.3 Å². The van der Waals surface area contributed by atoms with Gasteiger partial charge in [0.15, 0.2) is 17.2 Å². The number of rotatable bonds is 2. The lowest BCUT2D eigenvalue weighted by Gasteiger charge is -2.12. The highest BCUT2D eigenvalue weighted by molar-refractivity contribution is 7.27. The van der Waals surface area contributed by atoms with Gasteiger partial charge in [0.25, 0.3) is 0 Å². The van der Waals surface area contributed by atoms with Gasteiger partial charge < -0.3 is 8.82 Å². The van der Waals surface area contributed by atoms with E-state index in [1.54, 1.807) is 0 Å². The number of hydrogen-bond acceptors (Lipinski definition) is 4. The molecule has 0 amide bonds. The normalized spacial score (nSPS) is 12.7. The number of thiophene rings is 1. The fourth-order valence-corrected chi connectivity index (χ4v) is 11.8. The van der Waals surface area contributed by atoms with Gasteiger partial charge in [-0.15, -0.1) is 11.3 Å². The number of fused-ring (bicyclic) bond motifs is 20. The van der Waals surface area contributed by atoms with Gasteiger partial charge in [0.1, 0.15) is 11.1 Å². The number of para-hydroxylation sites is 3. The minimum atomic E-state index is 0.659. The third kappa shape index (κ3) is 3.83. The molecule has 0 radical (unpaired) electrons. The lowest BCUT2D eigenvalue weighted by Crippen LogP contribution is -2.02. The molecule has 276 valence electrons. The van der Waals surface area contributed by atoms with Crippen molar-refractivity contribution in [3.8, 4) is 17.2 Å². The molecule has 9 aromatic carbocycles. The smallest absolute Gasteiger partial charge is 0.197 e. The van der Waals surface area contributed by atoms with Gasteiger partial charge in [0.05, 0.1) is 32.3 Å². The van der Waals surface area contributed by atoms with Crippen LogP contribution in [-0.2, 0) is 0 Å². The quantitative estimate of drug-likeness (QED) is 0.176. The van der Waals surface area contributed by atoms with Crippen molar-refractivity contribution in [1.29, 1.82) is 0 Å². The van der Waals surface area contributed by atoms with Crippen LogP contribution in [0.25, 0.3) is 141 Å². The van der Waals surface area contributed by atoms with Crippen LogP contribution in [0, 0.1) is 0 Å². The van der Waals surface area contributed by atoms with Crippen LogP contribution in [0.2, 0.25) is 0 Å². The van der Waals surface area contributed by atoms with Crippen LogP contribution in [0.3, 0.4) is 0 Å².